The fourth-order valence-corrected chi connectivity index (χ4v) is 2.79. The second kappa shape index (κ2) is 3.95. The van der Waals surface area contributed by atoms with Crippen molar-refractivity contribution in [3.05, 3.63) is 23.7 Å². The van der Waals surface area contributed by atoms with Crippen LogP contribution in [0, 0.1) is 12.3 Å². The molecule has 0 aliphatic heterocycles. The SMILES string of the molecule is Cc1ccnc2c1nc(CCCl)n2C1CC1(C)C. The lowest BCUT2D eigenvalue weighted by molar-refractivity contribution is 0.535. The van der Waals surface area contributed by atoms with E-state index in [0.717, 1.165) is 23.4 Å². The monoisotopic (exact) mass is 263 g/mol. The lowest BCUT2D eigenvalue weighted by Gasteiger charge is -2.09. The number of aryl methyl sites for hydroxylation is 2. The van der Waals surface area contributed by atoms with Crippen molar-refractivity contribution >= 4 is 22.8 Å². The summed E-state index contributed by atoms with van der Waals surface area (Å²) in [6.07, 6.45) is 3.88. The number of rotatable bonds is 3. The van der Waals surface area contributed by atoms with Gasteiger partial charge in [0.25, 0.3) is 0 Å². The molecule has 0 radical (unpaired) electrons. The topological polar surface area (TPSA) is 30.7 Å². The highest BCUT2D eigenvalue weighted by Crippen LogP contribution is 2.56. The molecule has 0 N–H and O–H groups in total. The number of hydrogen-bond acceptors (Lipinski definition) is 2. The van der Waals surface area contributed by atoms with Crippen LogP contribution < -0.4 is 0 Å². The van der Waals surface area contributed by atoms with Crippen LogP contribution in [0.2, 0.25) is 0 Å². The minimum Gasteiger partial charge on any atom is -0.309 e. The lowest BCUT2D eigenvalue weighted by Crippen LogP contribution is -2.07. The Labute approximate surface area is 112 Å². The number of hydrogen-bond donors (Lipinski definition) is 0. The first-order valence-electron chi connectivity index (χ1n) is 6.43. The van der Waals surface area contributed by atoms with Crippen LogP contribution in [0.5, 0.6) is 0 Å². The molecule has 2 aromatic rings. The van der Waals surface area contributed by atoms with Crippen molar-refractivity contribution < 1.29 is 0 Å². The van der Waals surface area contributed by atoms with Crippen molar-refractivity contribution in [1.29, 1.82) is 0 Å². The highest BCUT2D eigenvalue weighted by atomic mass is 35.5. The minimum atomic E-state index is 0.361. The molecule has 0 aromatic carbocycles. The summed E-state index contributed by atoms with van der Waals surface area (Å²) in [6, 6.07) is 2.54. The Kier molecular flexibility index (Phi) is 2.63. The molecule has 18 heavy (non-hydrogen) atoms. The summed E-state index contributed by atoms with van der Waals surface area (Å²) in [4.78, 5) is 9.27. The first-order valence-corrected chi connectivity index (χ1v) is 6.96. The predicted octanol–water partition coefficient (Wildman–Crippen LogP) is 3.49. The van der Waals surface area contributed by atoms with Crippen LogP contribution in [-0.4, -0.2) is 20.4 Å². The second-order valence-corrected chi connectivity index (χ2v) is 6.22. The van der Waals surface area contributed by atoms with Gasteiger partial charge in [0.05, 0.1) is 0 Å². The molecule has 0 saturated heterocycles. The molecule has 0 bridgehead atoms. The Morgan fingerprint density at radius 1 is 1.50 bits per heavy atom. The largest absolute Gasteiger partial charge is 0.309 e. The molecule has 0 spiro atoms. The van der Waals surface area contributed by atoms with Gasteiger partial charge in [0.2, 0.25) is 0 Å². The number of alkyl halides is 1. The van der Waals surface area contributed by atoms with E-state index in [1.807, 2.05) is 12.3 Å². The average molecular weight is 264 g/mol. The first-order chi connectivity index (χ1) is 8.54. The van der Waals surface area contributed by atoms with Gasteiger partial charge < -0.3 is 4.57 Å². The molecule has 1 fully saturated rings. The van der Waals surface area contributed by atoms with Crippen LogP contribution >= 0.6 is 11.6 Å². The Morgan fingerprint density at radius 3 is 2.83 bits per heavy atom. The standard InChI is InChI=1S/C14H18ClN3/c1-9-5-7-16-13-12(9)17-11(4-6-15)18(13)10-8-14(10,2)3/h5,7,10H,4,6,8H2,1-3H3. The molecule has 1 unspecified atom stereocenters. The maximum Gasteiger partial charge on any atom is 0.160 e. The summed E-state index contributed by atoms with van der Waals surface area (Å²) in [5, 5.41) is 0. The number of aromatic nitrogens is 3. The Bertz CT molecular complexity index is 600. The molecular weight excluding hydrogens is 246 g/mol. The van der Waals surface area contributed by atoms with Crippen LogP contribution in [0.1, 0.15) is 37.7 Å². The summed E-state index contributed by atoms with van der Waals surface area (Å²) in [5.74, 6) is 1.69. The van der Waals surface area contributed by atoms with Crippen LogP contribution in [0.15, 0.2) is 12.3 Å². The van der Waals surface area contributed by atoms with Gasteiger partial charge in [0.15, 0.2) is 5.65 Å². The van der Waals surface area contributed by atoms with Gasteiger partial charge in [-0.3, -0.25) is 0 Å². The molecule has 1 atom stereocenters. The summed E-state index contributed by atoms with van der Waals surface area (Å²) in [6.45, 7) is 6.68. The van der Waals surface area contributed by atoms with E-state index in [9.17, 15) is 0 Å². The Balaban J connectivity index is 2.20. The van der Waals surface area contributed by atoms with E-state index in [1.165, 1.54) is 12.0 Å². The molecule has 0 amide bonds. The van der Waals surface area contributed by atoms with Gasteiger partial charge in [-0.15, -0.1) is 11.6 Å². The average Bonchev–Trinajstić information content (AvgIpc) is 2.78. The molecule has 1 saturated carbocycles. The number of pyridine rings is 1. The molecule has 2 heterocycles. The van der Waals surface area contributed by atoms with Crippen molar-refractivity contribution in [2.75, 3.05) is 5.88 Å². The summed E-state index contributed by atoms with van der Waals surface area (Å²) in [5.41, 5.74) is 3.60. The highest BCUT2D eigenvalue weighted by Gasteiger charge is 2.48. The Hall–Kier alpha value is -1.09. The predicted molar refractivity (Wildman–Crippen MR) is 74.1 cm³/mol. The molecular formula is C14H18ClN3. The maximum atomic E-state index is 5.90. The lowest BCUT2D eigenvalue weighted by atomic mass is 10.2. The van der Waals surface area contributed by atoms with Gasteiger partial charge in [-0.1, -0.05) is 13.8 Å². The number of fused-ring (bicyclic) bond motifs is 1. The van der Waals surface area contributed by atoms with Crippen molar-refractivity contribution in [2.45, 2.75) is 39.7 Å². The van der Waals surface area contributed by atoms with Crippen LogP contribution in [-0.2, 0) is 6.42 Å². The zero-order chi connectivity index (χ0) is 12.9. The Morgan fingerprint density at radius 2 is 2.22 bits per heavy atom. The van der Waals surface area contributed by atoms with E-state index in [-0.39, 0.29) is 0 Å². The molecule has 1 aliphatic carbocycles. The fraction of sp³-hybridized carbons (Fsp3) is 0.571. The van der Waals surface area contributed by atoms with Crippen LogP contribution in [0.3, 0.4) is 0 Å². The van der Waals surface area contributed by atoms with Gasteiger partial charge in [-0.2, -0.15) is 0 Å². The van der Waals surface area contributed by atoms with Gasteiger partial charge in [0.1, 0.15) is 11.3 Å². The van der Waals surface area contributed by atoms with E-state index < -0.39 is 0 Å². The zero-order valence-corrected chi connectivity index (χ0v) is 11.8. The molecule has 3 nitrogen and oxygen atoms in total. The van der Waals surface area contributed by atoms with Gasteiger partial charge in [-0.05, 0) is 30.4 Å². The molecule has 2 aromatic heterocycles. The van der Waals surface area contributed by atoms with E-state index in [1.54, 1.807) is 0 Å². The first kappa shape index (κ1) is 12.0. The maximum absolute atomic E-state index is 5.90. The molecule has 96 valence electrons. The van der Waals surface area contributed by atoms with Crippen molar-refractivity contribution in [1.82, 2.24) is 14.5 Å². The number of imidazole rings is 1. The van der Waals surface area contributed by atoms with Gasteiger partial charge >= 0.3 is 0 Å². The van der Waals surface area contributed by atoms with E-state index >= 15 is 0 Å². The van der Waals surface area contributed by atoms with Gasteiger partial charge in [-0.25, -0.2) is 9.97 Å². The van der Waals surface area contributed by atoms with Gasteiger partial charge in [0, 0.05) is 24.5 Å². The third kappa shape index (κ3) is 1.72. The van der Waals surface area contributed by atoms with Crippen molar-refractivity contribution in [3.8, 4) is 0 Å². The number of halogens is 1. The quantitative estimate of drug-likeness (QED) is 0.794. The minimum absolute atomic E-state index is 0.361. The summed E-state index contributed by atoms with van der Waals surface area (Å²) >= 11 is 5.90. The summed E-state index contributed by atoms with van der Waals surface area (Å²) < 4.78 is 2.31. The van der Waals surface area contributed by atoms with Crippen molar-refractivity contribution in [3.63, 3.8) is 0 Å². The molecule has 4 heteroatoms. The summed E-state index contributed by atoms with van der Waals surface area (Å²) in [7, 11) is 0. The third-order valence-electron chi connectivity index (χ3n) is 3.94. The zero-order valence-electron chi connectivity index (χ0n) is 11.1. The van der Waals surface area contributed by atoms with Crippen LogP contribution in [0.4, 0.5) is 0 Å². The van der Waals surface area contributed by atoms with E-state index in [0.29, 0.717) is 17.3 Å². The fourth-order valence-electron chi connectivity index (χ4n) is 2.62. The van der Waals surface area contributed by atoms with Crippen LogP contribution in [0.25, 0.3) is 11.2 Å². The molecule has 3 rings (SSSR count). The third-order valence-corrected chi connectivity index (χ3v) is 4.13. The smallest absolute Gasteiger partial charge is 0.160 e. The normalized spacial score (nSPS) is 21.4. The van der Waals surface area contributed by atoms with Crippen molar-refractivity contribution in [2.24, 2.45) is 5.41 Å². The molecule has 1 aliphatic rings. The second-order valence-electron chi connectivity index (χ2n) is 5.85. The number of nitrogens with zero attached hydrogens (tertiary/aromatic N) is 3. The highest BCUT2D eigenvalue weighted by molar-refractivity contribution is 6.17. The van der Waals surface area contributed by atoms with E-state index in [4.69, 9.17) is 16.6 Å². The van der Waals surface area contributed by atoms with E-state index in [2.05, 4.69) is 30.3 Å².